The summed E-state index contributed by atoms with van der Waals surface area (Å²) in [7, 11) is 0. The van der Waals surface area contributed by atoms with E-state index in [2.05, 4.69) is 0 Å². The number of aliphatic carboxylic acids is 1. The van der Waals surface area contributed by atoms with Crippen LogP contribution in [0.4, 0.5) is 0 Å². The Morgan fingerprint density at radius 3 is 2.22 bits per heavy atom. The molecule has 3 aromatic rings. The Bertz CT molecular complexity index is 1990. The Morgan fingerprint density at radius 2 is 1.53 bits per heavy atom. The number of carboxylic acid groups (broad SMARTS) is 1. The van der Waals surface area contributed by atoms with Crippen molar-refractivity contribution >= 4 is 17.8 Å². The van der Waals surface area contributed by atoms with E-state index in [4.69, 9.17) is 38.3 Å². The van der Waals surface area contributed by atoms with E-state index in [0.29, 0.717) is 5.56 Å². The molecule has 0 aromatic heterocycles. The summed E-state index contributed by atoms with van der Waals surface area (Å²) in [5, 5.41) is 105. The summed E-state index contributed by atoms with van der Waals surface area (Å²) < 4.78 is 41.2. The van der Waals surface area contributed by atoms with Crippen molar-refractivity contribution in [3.63, 3.8) is 0 Å². The van der Waals surface area contributed by atoms with Crippen molar-refractivity contribution < 1.29 is 93.8 Å². The Kier molecular flexibility index (Phi) is 9.88. The lowest BCUT2D eigenvalue weighted by Gasteiger charge is -2.50. The predicted octanol–water partition coefficient (Wildman–Crippen LogP) is -1.19. The summed E-state index contributed by atoms with van der Waals surface area (Å²) >= 11 is 0. The SMILES string of the molecule is C[C@@H]1O[C@@H](O[C@H]2[C@@H](Oc3cc(O)c4c(c3)OC3(c5ccc(O)cc5)Oc5ccc(/C=C/C(=O)O)cc5OC3(O)C4=O)O[C@H](CO)[C@@H](O)[C@@H]2O)[C@H](O)[C@H](O)[C@H]1O. The minimum Gasteiger partial charge on any atom is -0.508 e. The van der Waals surface area contributed by atoms with Crippen molar-refractivity contribution in [3.05, 3.63) is 77.4 Å². The molecular formula is C36H36O19. The number of aliphatic hydroxyl groups is 7. The Morgan fingerprint density at radius 1 is 0.818 bits per heavy atom. The van der Waals surface area contributed by atoms with Crippen LogP contribution in [0.2, 0.25) is 0 Å². The molecule has 19 nitrogen and oxygen atoms in total. The normalized spacial score (nSPS) is 35.4. The van der Waals surface area contributed by atoms with Crippen LogP contribution in [0.3, 0.4) is 0 Å². The number of hydrogen-bond acceptors (Lipinski definition) is 18. The molecule has 0 spiro atoms. The number of fused-ring (bicyclic) bond motifs is 3. The molecule has 10 N–H and O–H groups in total. The zero-order valence-electron chi connectivity index (χ0n) is 28.5. The van der Waals surface area contributed by atoms with Crippen LogP contribution in [0.25, 0.3) is 6.08 Å². The summed E-state index contributed by atoms with van der Waals surface area (Å²) in [6, 6.07) is 11.1. The Labute approximate surface area is 309 Å². The highest BCUT2D eigenvalue weighted by Crippen LogP contribution is 2.55. The minimum absolute atomic E-state index is 0.0577. The van der Waals surface area contributed by atoms with E-state index >= 15 is 0 Å². The molecule has 2 fully saturated rings. The second-order valence-corrected chi connectivity index (χ2v) is 13.2. The maximum atomic E-state index is 14.3. The maximum Gasteiger partial charge on any atom is 0.357 e. The monoisotopic (exact) mass is 772 g/mol. The molecule has 4 aliphatic heterocycles. The van der Waals surface area contributed by atoms with E-state index in [1.807, 2.05) is 0 Å². The van der Waals surface area contributed by atoms with Crippen LogP contribution in [0.15, 0.2) is 60.7 Å². The highest BCUT2D eigenvalue weighted by atomic mass is 16.8. The van der Waals surface area contributed by atoms with Gasteiger partial charge >= 0.3 is 17.5 Å². The van der Waals surface area contributed by atoms with Crippen molar-refractivity contribution in [2.24, 2.45) is 0 Å². The van der Waals surface area contributed by atoms with Gasteiger partial charge in [-0.2, -0.15) is 0 Å². The van der Waals surface area contributed by atoms with E-state index in [9.17, 15) is 55.5 Å². The van der Waals surface area contributed by atoms with Gasteiger partial charge in [-0.1, -0.05) is 6.07 Å². The fraction of sp³-hybridized carbons (Fsp3) is 0.389. The number of benzene rings is 3. The molecule has 7 rings (SSSR count). The fourth-order valence-electron chi connectivity index (χ4n) is 6.68. The molecule has 19 heteroatoms. The first-order valence-corrected chi connectivity index (χ1v) is 16.8. The fourth-order valence-corrected chi connectivity index (χ4v) is 6.68. The third-order valence-electron chi connectivity index (χ3n) is 9.61. The number of carbonyl (C=O) groups excluding carboxylic acids is 1. The molecule has 2 saturated heterocycles. The smallest absolute Gasteiger partial charge is 0.357 e. The van der Waals surface area contributed by atoms with Crippen LogP contribution in [-0.4, -0.2) is 137 Å². The number of hydrogen-bond donors (Lipinski definition) is 10. The second-order valence-electron chi connectivity index (χ2n) is 13.2. The third kappa shape index (κ3) is 6.49. The van der Waals surface area contributed by atoms with E-state index in [1.165, 1.54) is 55.5 Å². The van der Waals surface area contributed by atoms with Crippen LogP contribution < -0.4 is 18.9 Å². The van der Waals surface area contributed by atoms with Gasteiger partial charge in [0.25, 0.3) is 5.78 Å². The lowest BCUT2D eigenvalue weighted by molar-refractivity contribution is -0.354. The molecule has 0 radical (unpaired) electrons. The van der Waals surface area contributed by atoms with Crippen molar-refractivity contribution in [1.29, 1.82) is 0 Å². The predicted molar refractivity (Wildman–Crippen MR) is 178 cm³/mol. The van der Waals surface area contributed by atoms with Gasteiger partial charge in [-0.15, -0.1) is 0 Å². The number of rotatable bonds is 8. The molecule has 4 heterocycles. The third-order valence-corrected chi connectivity index (χ3v) is 9.61. The number of carbonyl (C=O) groups is 2. The molecule has 12 atom stereocenters. The average molecular weight is 773 g/mol. The Hall–Kier alpha value is -5.06. The summed E-state index contributed by atoms with van der Waals surface area (Å²) in [4.78, 5) is 25.4. The van der Waals surface area contributed by atoms with E-state index in [1.54, 1.807) is 0 Å². The van der Waals surface area contributed by atoms with Gasteiger partial charge in [-0.3, -0.25) is 4.79 Å². The lowest BCUT2D eigenvalue weighted by Crippen LogP contribution is -2.70. The van der Waals surface area contributed by atoms with Crippen molar-refractivity contribution in [2.45, 2.75) is 79.9 Å². The number of aromatic hydroxyl groups is 2. The number of carboxylic acids is 1. The van der Waals surface area contributed by atoms with Crippen LogP contribution in [-0.2, 0) is 24.8 Å². The number of aliphatic hydroxyl groups excluding tert-OH is 6. The first kappa shape index (κ1) is 38.2. The van der Waals surface area contributed by atoms with Gasteiger partial charge in [0.2, 0.25) is 6.29 Å². The highest BCUT2D eigenvalue weighted by molar-refractivity contribution is 6.08. The number of Topliss-reactive ketones (excluding diaryl/α,β-unsaturated/α-hetero) is 1. The van der Waals surface area contributed by atoms with Gasteiger partial charge in [0.1, 0.15) is 65.2 Å². The van der Waals surface area contributed by atoms with Crippen molar-refractivity contribution in [2.75, 3.05) is 6.61 Å². The number of ether oxygens (including phenoxy) is 7. The van der Waals surface area contributed by atoms with E-state index < -0.39 is 108 Å². The summed E-state index contributed by atoms with van der Waals surface area (Å²) in [5.41, 5.74) is -0.377. The zero-order valence-corrected chi connectivity index (χ0v) is 28.5. The van der Waals surface area contributed by atoms with Crippen LogP contribution in [0, 0.1) is 0 Å². The zero-order chi connectivity index (χ0) is 39.6. The maximum absolute atomic E-state index is 14.3. The summed E-state index contributed by atoms with van der Waals surface area (Å²) in [5.74, 6) is -10.2. The average Bonchev–Trinajstić information content (AvgIpc) is 3.14. The quantitative estimate of drug-likeness (QED) is 0.120. The Balaban J connectivity index is 1.26. The molecule has 294 valence electrons. The first-order valence-electron chi connectivity index (χ1n) is 16.8. The first-order chi connectivity index (χ1) is 26.1. The van der Waals surface area contributed by atoms with Crippen molar-refractivity contribution in [1.82, 2.24) is 0 Å². The largest absolute Gasteiger partial charge is 0.508 e. The molecule has 0 saturated carbocycles. The van der Waals surface area contributed by atoms with Gasteiger partial charge in [0, 0.05) is 23.8 Å². The molecule has 2 unspecified atom stereocenters. The van der Waals surface area contributed by atoms with Gasteiger partial charge in [-0.05, 0) is 55.0 Å². The molecule has 0 aliphatic carbocycles. The number of phenolic OH excluding ortho intramolecular Hbond substituents is 2. The lowest BCUT2D eigenvalue weighted by atomic mass is 9.85. The topological polar surface area (TPSA) is 301 Å². The van der Waals surface area contributed by atoms with Crippen LogP contribution >= 0.6 is 0 Å². The minimum atomic E-state index is -3.07. The van der Waals surface area contributed by atoms with Crippen LogP contribution in [0.5, 0.6) is 34.5 Å². The van der Waals surface area contributed by atoms with Gasteiger partial charge in [-0.25, -0.2) is 4.79 Å². The van der Waals surface area contributed by atoms with E-state index in [0.717, 1.165) is 18.2 Å². The molecule has 4 aliphatic rings. The van der Waals surface area contributed by atoms with E-state index in [-0.39, 0.29) is 28.6 Å². The summed E-state index contributed by atoms with van der Waals surface area (Å²) in [6.45, 7) is 0.570. The van der Waals surface area contributed by atoms with Crippen molar-refractivity contribution in [3.8, 4) is 34.5 Å². The second kappa shape index (κ2) is 14.2. The summed E-state index contributed by atoms with van der Waals surface area (Å²) in [6.07, 6.45) is -14.3. The van der Waals surface area contributed by atoms with Gasteiger partial charge in [0.15, 0.2) is 23.9 Å². The number of ketones is 1. The molecule has 55 heavy (non-hydrogen) atoms. The van der Waals surface area contributed by atoms with Gasteiger partial charge < -0.3 is 84.2 Å². The molecule has 3 aromatic carbocycles. The standard InChI is InChI=1S/C36H36O19/c1-14-26(42)28(44)30(46)33(49-14)52-31-29(45)27(43)23(13-37)51-34(31)50-18-11-19(39)25-22(12-18)55-36(16-4-6-17(38)7-5-16)35(48,32(25)47)53-21-10-15(3-9-24(40)41)2-8-20(21)54-36/h2-12,14,23,26-31,33-34,37-39,42-46,48H,13H2,1H3,(H,40,41)/b9-3+/t14-,23+,26-,27+,28+,29-,30+,31+,33-,34-,35?,36?/m0/s1. The molecule has 0 amide bonds. The highest BCUT2D eigenvalue weighted by Gasteiger charge is 2.70. The van der Waals surface area contributed by atoms with Crippen LogP contribution in [0.1, 0.15) is 28.4 Å². The number of phenols is 2. The molecular weight excluding hydrogens is 736 g/mol. The van der Waals surface area contributed by atoms with Gasteiger partial charge in [0.05, 0.1) is 12.7 Å². The molecule has 0 bridgehead atoms.